The molecule has 0 amide bonds. The smallest absolute Gasteiger partial charge is 0.128 e. The minimum atomic E-state index is 0.767. The summed E-state index contributed by atoms with van der Waals surface area (Å²) in [4.78, 5) is 6.95. The average molecular weight is 249 g/mol. The number of nitrogens with zero attached hydrogens (tertiary/aromatic N) is 2. The van der Waals surface area contributed by atoms with E-state index in [4.69, 9.17) is 0 Å². The van der Waals surface area contributed by atoms with Gasteiger partial charge in [-0.05, 0) is 31.5 Å². The summed E-state index contributed by atoms with van der Waals surface area (Å²) in [5, 5.41) is 3.14. The second-order valence-corrected chi connectivity index (χ2v) is 4.78. The van der Waals surface area contributed by atoms with Gasteiger partial charge >= 0.3 is 0 Å². The molecule has 0 spiro atoms. The van der Waals surface area contributed by atoms with Crippen LogP contribution in [0.3, 0.4) is 0 Å². The summed E-state index contributed by atoms with van der Waals surface area (Å²) < 4.78 is 0. The summed E-state index contributed by atoms with van der Waals surface area (Å²) in [7, 11) is 1.96. The molecule has 0 fully saturated rings. The van der Waals surface area contributed by atoms with E-state index in [-0.39, 0.29) is 0 Å². The maximum Gasteiger partial charge on any atom is 0.128 e. The average Bonchev–Trinajstić information content (AvgIpc) is 2.42. The molecule has 0 saturated carbocycles. The van der Waals surface area contributed by atoms with Crippen molar-refractivity contribution in [2.24, 2.45) is 5.92 Å². The molecule has 0 unspecified atom stereocenters. The molecule has 18 heavy (non-hydrogen) atoms. The lowest BCUT2D eigenvalue weighted by Gasteiger charge is -2.26. The molecular formula is C15H27N3. The Kier molecular flexibility index (Phi) is 6.73. The van der Waals surface area contributed by atoms with E-state index < -0.39 is 0 Å². The van der Waals surface area contributed by atoms with Gasteiger partial charge < -0.3 is 10.2 Å². The van der Waals surface area contributed by atoms with Crippen molar-refractivity contribution in [3.8, 4) is 0 Å². The van der Waals surface area contributed by atoms with Gasteiger partial charge in [0.15, 0.2) is 0 Å². The van der Waals surface area contributed by atoms with Crippen molar-refractivity contribution < 1.29 is 0 Å². The summed E-state index contributed by atoms with van der Waals surface area (Å²) in [5.41, 5.74) is 1.24. The van der Waals surface area contributed by atoms with Crippen molar-refractivity contribution in [1.29, 1.82) is 0 Å². The van der Waals surface area contributed by atoms with Crippen LogP contribution in [0.5, 0.6) is 0 Å². The van der Waals surface area contributed by atoms with Crippen molar-refractivity contribution >= 4 is 5.82 Å². The lowest BCUT2D eigenvalue weighted by Crippen LogP contribution is -2.29. The molecule has 1 heterocycles. The van der Waals surface area contributed by atoms with Gasteiger partial charge in [0, 0.05) is 25.8 Å². The Bertz CT molecular complexity index is 317. The van der Waals surface area contributed by atoms with Crippen LogP contribution in [-0.4, -0.2) is 25.1 Å². The van der Waals surface area contributed by atoms with E-state index in [0.29, 0.717) is 0 Å². The van der Waals surface area contributed by atoms with Crippen molar-refractivity contribution in [3.05, 3.63) is 23.9 Å². The number of hydrogen-bond acceptors (Lipinski definition) is 3. The molecular weight excluding hydrogens is 222 g/mol. The predicted molar refractivity (Wildman–Crippen MR) is 79.0 cm³/mol. The van der Waals surface area contributed by atoms with Crippen LogP contribution in [0.4, 0.5) is 5.82 Å². The first-order valence-electron chi connectivity index (χ1n) is 7.09. The molecule has 1 N–H and O–H groups in total. The molecule has 1 aromatic heterocycles. The number of aromatic nitrogens is 1. The molecule has 0 atom stereocenters. The Morgan fingerprint density at radius 3 is 2.39 bits per heavy atom. The molecule has 1 aromatic rings. The standard InChI is InChI=1S/C15H27N3/c1-5-13(6-2)12-18(7-3)15-9-8-14(10-16-4)11-17-15/h8-9,11,13,16H,5-7,10,12H2,1-4H3. The maximum absolute atomic E-state index is 4.58. The molecule has 102 valence electrons. The molecule has 3 nitrogen and oxygen atoms in total. The first-order chi connectivity index (χ1) is 8.74. The Morgan fingerprint density at radius 2 is 1.94 bits per heavy atom. The summed E-state index contributed by atoms with van der Waals surface area (Å²) in [6.07, 6.45) is 4.46. The van der Waals surface area contributed by atoms with Crippen LogP contribution < -0.4 is 10.2 Å². The molecule has 3 heteroatoms. The van der Waals surface area contributed by atoms with Crippen LogP contribution in [0.25, 0.3) is 0 Å². The second kappa shape index (κ2) is 8.09. The van der Waals surface area contributed by atoms with Gasteiger partial charge in [0.1, 0.15) is 5.82 Å². The minimum Gasteiger partial charge on any atom is -0.357 e. The van der Waals surface area contributed by atoms with Crippen molar-refractivity contribution in [1.82, 2.24) is 10.3 Å². The van der Waals surface area contributed by atoms with Crippen molar-refractivity contribution in [3.63, 3.8) is 0 Å². The fraction of sp³-hybridized carbons (Fsp3) is 0.667. The van der Waals surface area contributed by atoms with Gasteiger partial charge in [-0.15, -0.1) is 0 Å². The van der Waals surface area contributed by atoms with Crippen LogP contribution >= 0.6 is 0 Å². The van der Waals surface area contributed by atoms with E-state index in [2.05, 4.69) is 48.1 Å². The van der Waals surface area contributed by atoms with E-state index in [1.807, 2.05) is 13.2 Å². The third-order valence-corrected chi connectivity index (χ3v) is 3.53. The SMILES string of the molecule is CCC(CC)CN(CC)c1ccc(CNC)cn1. The van der Waals surface area contributed by atoms with Crippen molar-refractivity contribution in [2.45, 2.75) is 40.2 Å². The number of nitrogens with one attached hydrogen (secondary N) is 1. The van der Waals surface area contributed by atoms with Crippen LogP contribution in [0.15, 0.2) is 18.3 Å². The first kappa shape index (κ1) is 15.0. The van der Waals surface area contributed by atoms with Gasteiger partial charge in [-0.1, -0.05) is 32.8 Å². The monoisotopic (exact) mass is 249 g/mol. The number of anilines is 1. The number of pyridine rings is 1. The summed E-state index contributed by atoms with van der Waals surface area (Å²) in [6, 6.07) is 4.30. The highest BCUT2D eigenvalue weighted by Crippen LogP contribution is 2.16. The second-order valence-electron chi connectivity index (χ2n) is 4.78. The molecule has 1 rings (SSSR count). The zero-order valence-corrected chi connectivity index (χ0v) is 12.2. The summed E-state index contributed by atoms with van der Waals surface area (Å²) in [5.74, 6) is 1.87. The fourth-order valence-corrected chi connectivity index (χ4v) is 2.16. The van der Waals surface area contributed by atoms with Crippen LogP contribution in [0, 0.1) is 5.92 Å². The predicted octanol–water partition coefficient (Wildman–Crippen LogP) is 3.06. The zero-order chi connectivity index (χ0) is 13.4. The highest BCUT2D eigenvalue weighted by molar-refractivity contribution is 5.39. The van der Waals surface area contributed by atoms with E-state index in [1.54, 1.807) is 0 Å². The van der Waals surface area contributed by atoms with Gasteiger partial charge in [-0.3, -0.25) is 0 Å². The van der Waals surface area contributed by atoms with Crippen LogP contribution in [0.2, 0.25) is 0 Å². The Hall–Kier alpha value is -1.09. The molecule has 0 aliphatic carbocycles. The molecule has 0 aliphatic heterocycles. The summed E-state index contributed by atoms with van der Waals surface area (Å²) in [6.45, 7) is 9.76. The Morgan fingerprint density at radius 1 is 1.22 bits per heavy atom. The third kappa shape index (κ3) is 4.30. The Labute approximate surface area is 112 Å². The topological polar surface area (TPSA) is 28.2 Å². The van der Waals surface area contributed by atoms with Gasteiger partial charge in [-0.25, -0.2) is 4.98 Å². The maximum atomic E-state index is 4.58. The van der Waals surface area contributed by atoms with Crippen LogP contribution in [0.1, 0.15) is 39.2 Å². The van der Waals surface area contributed by atoms with E-state index in [1.165, 1.54) is 18.4 Å². The lowest BCUT2D eigenvalue weighted by molar-refractivity contribution is 0.484. The van der Waals surface area contributed by atoms with Crippen LogP contribution in [-0.2, 0) is 6.54 Å². The van der Waals surface area contributed by atoms with E-state index in [0.717, 1.165) is 31.4 Å². The Balaban J connectivity index is 2.69. The van der Waals surface area contributed by atoms with Gasteiger partial charge in [-0.2, -0.15) is 0 Å². The highest BCUT2D eigenvalue weighted by atomic mass is 15.2. The van der Waals surface area contributed by atoms with E-state index in [9.17, 15) is 0 Å². The lowest BCUT2D eigenvalue weighted by atomic mass is 10.0. The third-order valence-electron chi connectivity index (χ3n) is 3.53. The molecule has 0 aliphatic rings. The quantitative estimate of drug-likeness (QED) is 0.767. The molecule has 0 aromatic carbocycles. The number of rotatable bonds is 8. The number of hydrogen-bond donors (Lipinski definition) is 1. The normalized spacial score (nSPS) is 10.9. The summed E-state index contributed by atoms with van der Waals surface area (Å²) >= 11 is 0. The fourth-order valence-electron chi connectivity index (χ4n) is 2.16. The van der Waals surface area contributed by atoms with Gasteiger partial charge in [0.25, 0.3) is 0 Å². The molecule has 0 bridgehead atoms. The van der Waals surface area contributed by atoms with Gasteiger partial charge in [0.05, 0.1) is 0 Å². The molecule has 0 saturated heterocycles. The highest BCUT2D eigenvalue weighted by Gasteiger charge is 2.11. The molecule has 0 radical (unpaired) electrons. The zero-order valence-electron chi connectivity index (χ0n) is 12.2. The van der Waals surface area contributed by atoms with Crippen molar-refractivity contribution in [2.75, 3.05) is 25.0 Å². The minimum absolute atomic E-state index is 0.767. The largest absolute Gasteiger partial charge is 0.357 e. The van der Waals surface area contributed by atoms with Gasteiger partial charge in [0.2, 0.25) is 0 Å². The van der Waals surface area contributed by atoms with E-state index >= 15 is 0 Å². The first-order valence-corrected chi connectivity index (χ1v) is 7.09.